The van der Waals surface area contributed by atoms with Gasteiger partial charge >= 0.3 is 7.12 Å². The van der Waals surface area contributed by atoms with Crippen LogP contribution in [0.3, 0.4) is 0 Å². The average Bonchev–Trinajstić information content (AvgIpc) is 1.49. The van der Waals surface area contributed by atoms with E-state index in [9.17, 15) is 0 Å². The lowest BCUT2D eigenvalue weighted by Crippen LogP contribution is -2.41. The number of aromatic nitrogens is 8. The van der Waals surface area contributed by atoms with Gasteiger partial charge in [-0.25, -0.2) is 19.9 Å². The number of halogens is 1. The monoisotopic (exact) mass is 1850 g/mol. The maximum absolute atomic E-state index is 6.86. The molecule has 4 aromatic heterocycles. The topological polar surface area (TPSA) is 106 Å². The third kappa shape index (κ3) is 14.0. The molecule has 0 atom stereocenters. The Kier molecular flexibility index (Phi) is 21.9. The van der Waals surface area contributed by atoms with Crippen LogP contribution in [-0.2, 0) is 31.0 Å². The molecule has 10 nitrogen and oxygen atoms in total. The molecule has 0 N–H and O–H groups in total. The van der Waals surface area contributed by atoms with Crippen molar-refractivity contribution < 1.29 is 9.31 Å². The second kappa shape index (κ2) is 34.7. The normalized spacial score (nSPS) is 14.8. The minimum atomic E-state index is -0.591. The number of benzene rings is 18. The van der Waals surface area contributed by atoms with Crippen molar-refractivity contribution in [2.75, 3.05) is 0 Å². The third-order valence-electron chi connectivity index (χ3n) is 30.5. The first-order valence-corrected chi connectivity index (χ1v) is 48.6. The Labute approximate surface area is 835 Å². The summed E-state index contributed by atoms with van der Waals surface area (Å²) in [5.74, 6) is 3.10. The maximum atomic E-state index is 6.86. The summed E-state index contributed by atoms with van der Waals surface area (Å²) in [4.78, 5) is 28.6. The lowest BCUT2D eigenvalue weighted by atomic mass is 9.55. The first kappa shape index (κ1) is 89.7. The van der Waals surface area contributed by atoms with Gasteiger partial charge in [-0.15, -0.1) is 0 Å². The summed E-state index contributed by atoms with van der Waals surface area (Å²) in [5, 5.41) is 5.16. The number of fused-ring (bicyclic) bond motifs is 24. The minimum absolute atomic E-state index is 0. The van der Waals surface area contributed by atoms with Crippen molar-refractivity contribution in [2.45, 2.75) is 103 Å². The van der Waals surface area contributed by atoms with E-state index in [4.69, 9.17) is 35.9 Å². The van der Waals surface area contributed by atoms with Crippen molar-refractivity contribution in [3.05, 3.63) is 509 Å². The molecule has 0 amide bonds. The van der Waals surface area contributed by atoms with Gasteiger partial charge in [-0.3, -0.25) is 0 Å². The molecule has 4 aliphatic carbocycles. The van der Waals surface area contributed by atoms with E-state index in [2.05, 4.69) is 419 Å². The summed E-state index contributed by atoms with van der Waals surface area (Å²) >= 11 is 5.99. The van der Waals surface area contributed by atoms with E-state index in [1.807, 2.05) is 97.1 Å². The largest absolute Gasteiger partial charge is 0.495 e. The van der Waals surface area contributed by atoms with E-state index in [1.165, 1.54) is 144 Å². The summed E-state index contributed by atoms with van der Waals surface area (Å²) in [5.41, 5.74) is 35.8. The molecule has 0 saturated carbocycles. The predicted octanol–water partition coefficient (Wildman–Crippen LogP) is 31.5. The van der Waals surface area contributed by atoms with Crippen molar-refractivity contribution >= 4 is 67.8 Å². The lowest BCUT2D eigenvalue weighted by Gasteiger charge is -2.46. The molecule has 0 bridgehead atoms. The van der Waals surface area contributed by atoms with Gasteiger partial charge in [0.25, 0.3) is 0 Å². The molecule has 5 aliphatic rings. The smallest absolute Gasteiger partial charge is 0.399 e. The van der Waals surface area contributed by atoms with Gasteiger partial charge in [0, 0.05) is 71.6 Å². The fourth-order valence-electron chi connectivity index (χ4n) is 23.4. The summed E-state index contributed by atoms with van der Waals surface area (Å²) in [6.07, 6.45) is 0. The van der Waals surface area contributed by atoms with Crippen LogP contribution >= 0.6 is 11.6 Å². The average molecular weight is 1860 g/mol. The van der Waals surface area contributed by atoms with Crippen molar-refractivity contribution in [1.82, 2.24) is 39.0 Å². The van der Waals surface area contributed by atoms with Gasteiger partial charge < -0.3 is 18.4 Å². The van der Waals surface area contributed by atoms with Crippen LogP contribution in [0, 0.1) is 0 Å². The number of rotatable bonds is 10. The Bertz CT molecular complexity index is 8490. The van der Waals surface area contributed by atoms with E-state index < -0.39 is 29.2 Å². The van der Waals surface area contributed by atoms with Crippen LogP contribution in [0.2, 0.25) is 5.28 Å². The highest BCUT2D eigenvalue weighted by molar-refractivity contribution is 6.64. The zero-order chi connectivity index (χ0) is 94.5. The fourth-order valence-corrected chi connectivity index (χ4v) is 23.5. The number of hydrogen-bond donors (Lipinski definition) is 0. The molecular formula is C130H104BClN8O2. The van der Waals surface area contributed by atoms with E-state index in [1.54, 1.807) is 0 Å². The highest BCUT2D eigenvalue weighted by atomic mass is 35.5. The van der Waals surface area contributed by atoms with Gasteiger partial charge in [0.1, 0.15) is 0 Å². The first-order chi connectivity index (χ1) is 68.3. The lowest BCUT2D eigenvalue weighted by molar-refractivity contribution is 0.00578. The molecular weight excluding hydrogens is 1750 g/mol. The maximum Gasteiger partial charge on any atom is 0.495 e. The summed E-state index contributed by atoms with van der Waals surface area (Å²) in [6, 6.07) is 157. The third-order valence-corrected chi connectivity index (χ3v) is 30.7. The summed E-state index contributed by atoms with van der Waals surface area (Å²) in [6.45, 7) is 18.1. The van der Waals surface area contributed by atoms with Crippen LogP contribution in [0.5, 0.6) is 0 Å². The Morgan fingerprint density at radius 3 is 0.901 bits per heavy atom. The van der Waals surface area contributed by atoms with Crippen LogP contribution in [0.4, 0.5) is 0 Å². The van der Waals surface area contributed by atoms with Crippen LogP contribution < -0.4 is 5.46 Å². The van der Waals surface area contributed by atoms with Gasteiger partial charge in [0.2, 0.25) is 5.28 Å². The molecule has 0 unspecified atom stereocenters. The number of para-hydroxylation sites is 4. The summed E-state index contributed by atoms with van der Waals surface area (Å²) in [7, 11) is -0.507. The summed E-state index contributed by atoms with van der Waals surface area (Å²) < 4.78 is 18.5. The van der Waals surface area contributed by atoms with E-state index in [-0.39, 0.29) is 31.0 Å². The zero-order valence-corrected chi connectivity index (χ0v) is 79.7. The van der Waals surface area contributed by atoms with Gasteiger partial charge in [-0.1, -0.05) is 407 Å². The van der Waals surface area contributed by atoms with Gasteiger partial charge in [0.15, 0.2) is 29.1 Å². The van der Waals surface area contributed by atoms with Gasteiger partial charge in [-0.2, -0.15) is 9.97 Å². The van der Waals surface area contributed by atoms with Gasteiger partial charge in [0.05, 0.1) is 44.1 Å². The van der Waals surface area contributed by atoms with Crippen molar-refractivity contribution in [1.29, 1.82) is 0 Å². The zero-order valence-electron chi connectivity index (χ0n) is 78.9. The molecule has 5 heterocycles. The van der Waals surface area contributed by atoms with Crippen LogP contribution in [0.25, 0.3) is 156 Å². The molecule has 12 heteroatoms. The molecule has 27 rings (SSSR count). The van der Waals surface area contributed by atoms with E-state index >= 15 is 0 Å². The fraction of sp³-hybridized carbons (Fsp3) is 0.123. The molecule has 142 heavy (non-hydrogen) atoms. The second-order valence-electron chi connectivity index (χ2n) is 39.4. The van der Waals surface area contributed by atoms with Crippen molar-refractivity contribution in [3.8, 4) is 113 Å². The van der Waals surface area contributed by atoms with Crippen molar-refractivity contribution in [3.63, 3.8) is 0 Å². The second-order valence-corrected chi connectivity index (χ2v) is 39.7. The number of nitrogens with zero attached hydrogens (tertiary/aromatic N) is 8. The van der Waals surface area contributed by atoms with Crippen LogP contribution in [0.1, 0.15) is 137 Å². The molecule has 686 valence electrons. The minimum Gasteiger partial charge on any atom is -0.399 e. The number of hydrogen-bond acceptors (Lipinski definition) is 8. The Morgan fingerprint density at radius 1 is 0.225 bits per heavy atom. The molecule has 18 aromatic carbocycles. The van der Waals surface area contributed by atoms with E-state index in [0.29, 0.717) is 29.1 Å². The van der Waals surface area contributed by atoms with Crippen LogP contribution in [0.15, 0.2) is 437 Å². The molecule has 1 fully saturated rings. The van der Waals surface area contributed by atoms with Crippen molar-refractivity contribution in [2.24, 2.45) is 0 Å². The quantitative estimate of drug-likeness (QED) is 0.125. The molecule has 1 saturated heterocycles. The SMILES string of the molecule is C.C.CC1(C)c2ccccc2C2(c3ccc(-c4ccc5c(c4)c4ccccc4n5-c4ccccc4)cc3-c3c(-c4nc(-c5ccccc5)nc(-c5ccccc5)n4)cccc32)c2ccccc21.CC1(C)c2ccccc2C2(c3ccc(-c4ccc5c(c4)c4ccccc4n5-c4ccccc4)cc3-c3c(B4OC(C)(C)C(C)(C)O4)cccc32)c2ccccc21.Clc1nc(-c2ccccc2)nc(-c2ccccc2)n1. The van der Waals surface area contributed by atoms with E-state index in [0.717, 1.165) is 55.8 Å². The molecule has 22 aromatic rings. The standard InChI is InChI=1S/C61H42N4.C52H44BNO2.C15H10ClN3.2CH4/c1-60(2)49-27-13-15-29-51(49)61(52-30-16-14-28-50(52)60)48-35-33-41(42-34-36-55-46(37-42)44-25-12-17-32-54(44)65(55)43-23-10-5-11-24-43)38-47(48)56-45(26-18-31-53(56)61)59-63-57(39-19-6-3-7-20-39)62-58(64-59)40-21-8-4-9-22-40;1-49(2)40-20-11-13-22-42(40)52(43-23-14-12-21-41(43)49)39-29-27-33(32-38(39)48-44(52)24-16-25-45(48)53-55-50(3,4)51(5,6)56-53)34-28-30-47-37(31-34)36-19-10-15-26-46(36)54(47)35-17-8-7-9-18-35;16-15-18-13(11-7-3-1-4-8-11)17-14(19-15)12-9-5-2-6-10-12;;/h3-38H,1-2H3;7-32H,1-6H3;1-10H;2*1H4. The highest BCUT2D eigenvalue weighted by Crippen LogP contribution is 2.66. The molecule has 0 radical (unpaired) electrons. The Morgan fingerprint density at radius 2 is 0.514 bits per heavy atom. The Balaban J connectivity index is 0.000000132. The van der Waals surface area contributed by atoms with Crippen LogP contribution in [-0.4, -0.2) is 57.4 Å². The highest BCUT2D eigenvalue weighted by Gasteiger charge is 2.59. The first-order valence-electron chi connectivity index (χ1n) is 48.3. The molecule has 2 spiro atoms. The molecule has 1 aliphatic heterocycles. The van der Waals surface area contributed by atoms with Gasteiger partial charge in [-0.05, 0) is 229 Å². The Hall–Kier alpha value is -16.1. The predicted molar refractivity (Wildman–Crippen MR) is 586 cm³/mol.